The summed E-state index contributed by atoms with van der Waals surface area (Å²) in [6.07, 6.45) is 2.16. The van der Waals surface area contributed by atoms with Crippen LogP contribution in [0.5, 0.6) is 0 Å². The van der Waals surface area contributed by atoms with E-state index in [2.05, 4.69) is 6.58 Å². The summed E-state index contributed by atoms with van der Waals surface area (Å²) in [6, 6.07) is 0. The van der Waals surface area contributed by atoms with E-state index in [0.717, 1.165) is 24.8 Å². The molecule has 0 spiro atoms. The van der Waals surface area contributed by atoms with Gasteiger partial charge in [0.25, 0.3) is 0 Å². The van der Waals surface area contributed by atoms with E-state index in [1.807, 2.05) is 0 Å². The number of aliphatic hydroxyl groups is 2. The van der Waals surface area contributed by atoms with Gasteiger partial charge in [0.2, 0.25) is 0 Å². The maximum Gasteiger partial charge on any atom is 0.0596 e. The zero-order chi connectivity index (χ0) is 7.56. The van der Waals surface area contributed by atoms with Crippen molar-refractivity contribution < 1.29 is 10.2 Å². The predicted octanol–water partition coefficient (Wildman–Crippen LogP) is 0.696. The number of rotatable bonds is 1. The van der Waals surface area contributed by atoms with Gasteiger partial charge in [0.15, 0.2) is 0 Å². The predicted molar refractivity (Wildman–Crippen MR) is 39.6 cm³/mol. The first-order valence-electron chi connectivity index (χ1n) is 3.69. The van der Waals surface area contributed by atoms with Gasteiger partial charge in [-0.15, -0.1) is 0 Å². The quantitative estimate of drug-likeness (QED) is 0.529. The van der Waals surface area contributed by atoms with E-state index < -0.39 is 0 Å². The first-order chi connectivity index (χ1) is 4.74. The minimum atomic E-state index is -0.310. The summed E-state index contributed by atoms with van der Waals surface area (Å²) in [5.41, 5.74) is 1.16. The van der Waals surface area contributed by atoms with Crippen molar-refractivity contribution in [1.29, 1.82) is 0 Å². The van der Waals surface area contributed by atoms with Gasteiger partial charge < -0.3 is 10.2 Å². The Bertz CT molecular complexity index is 131. The summed E-state index contributed by atoms with van der Waals surface area (Å²) >= 11 is 0. The second-order valence-corrected chi connectivity index (χ2v) is 3.00. The molecule has 0 amide bonds. The Kier molecular flexibility index (Phi) is 2.46. The molecule has 0 saturated heterocycles. The van der Waals surface area contributed by atoms with Crippen LogP contribution in [0.4, 0.5) is 0 Å². The summed E-state index contributed by atoms with van der Waals surface area (Å²) in [4.78, 5) is 0. The smallest absolute Gasteiger partial charge is 0.0596 e. The Labute approximate surface area is 61.2 Å². The largest absolute Gasteiger partial charge is 0.396 e. The molecule has 10 heavy (non-hydrogen) atoms. The topological polar surface area (TPSA) is 40.5 Å². The molecule has 0 bridgehead atoms. The average molecular weight is 142 g/mol. The van der Waals surface area contributed by atoms with Crippen molar-refractivity contribution in [2.75, 3.05) is 6.61 Å². The molecule has 0 aromatic heterocycles. The van der Waals surface area contributed by atoms with Crippen LogP contribution in [-0.2, 0) is 0 Å². The van der Waals surface area contributed by atoms with Crippen molar-refractivity contribution in [2.24, 2.45) is 5.92 Å². The van der Waals surface area contributed by atoms with Gasteiger partial charge in [-0.25, -0.2) is 0 Å². The summed E-state index contributed by atoms with van der Waals surface area (Å²) < 4.78 is 0. The van der Waals surface area contributed by atoms with Crippen LogP contribution in [0.25, 0.3) is 0 Å². The van der Waals surface area contributed by atoms with Crippen LogP contribution in [0.2, 0.25) is 0 Å². The van der Waals surface area contributed by atoms with E-state index in [9.17, 15) is 5.11 Å². The number of hydrogen-bond acceptors (Lipinski definition) is 2. The van der Waals surface area contributed by atoms with Gasteiger partial charge >= 0.3 is 0 Å². The molecule has 0 aromatic rings. The van der Waals surface area contributed by atoms with Crippen molar-refractivity contribution in [3.8, 4) is 0 Å². The highest BCUT2D eigenvalue weighted by atomic mass is 16.3. The first kappa shape index (κ1) is 7.76. The van der Waals surface area contributed by atoms with E-state index in [0.29, 0.717) is 0 Å². The van der Waals surface area contributed by atoms with Gasteiger partial charge in [-0.2, -0.15) is 0 Å². The molecule has 2 heteroatoms. The third-order valence-corrected chi connectivity index (χ3v) is 2.12. The molecule has 0 aromatic carbocycles. The summed E-state index contributed by atoms with van der Waals surface area (Å²) in [6.45, 7) is 3.91. The molecule has 1 rings (SSSR count). The molecule has 1 fully saturated rings. The Morgan fingerprint density at radius 3 is 2.80 bits per heavy atom. The monoisotopic (exact) mass is 142 g/mol. The van der Waals surface area contributed by atoms with E-state index in [1.165, 1.54) is 0 Å². The molecular formula is C8H14O2. The SMILES string of the molecule is C=C1CC[C@H](O)[C@@H](CO)C1. The second-order valence-electron chi connectivity index (χ2n) is 3.00. The molecule has 58 valence electrons. The van der Waals surface area contributed by atoms with Crippen LogP contribution in [0.3, 0.4) is 0 Å². The van der Waals surface area contributed by atoms with Crippen LogP contribution in [0.1, 0.15) is 19.3 Å². The fraction of sp³-hybridized carbons (Fsp3) is 0.750. The van der Waals surface area contributed by atoms with Crippen molar-refractivity contribution >= 4 is 0 Å². The summed E-state index contributed by atoms with van der Waals surface area (Å²) in [5, 5.41) is 18.1. The van der Waals surface area contributed by atoms with Crippen molar-refractivity contribution in [1.82, 2.24) is 0 Å². The highest BCUT2D eigenvalue weighted by molar-refractivity contribution is 5.01. The highest BCUT2D eigenvalue weighted by Gasteiger charge is 2.23. The van der Waals surface area contributed by atoms with Crippen LogP contribution in [-0.4, -0.2) is 22.9 Å². The molecule has 1 saturated carbocycles. The van der Waals surface area contributed by atoms with Crippen molar-refractivity contribution in [3.63, 3.8) is 0 Å². The number of hydrogen-bond donors (Lipinski definition) is 2. The molecule has 2 nitrogen and oxygen atoms in total. The lowest BCUT2D eigenvalue weighted by molar-refractivity contribution is 0.0494. The zero-order valence-corrected chi connectivity index (χ0v) is 6.08. The van der Waals surface area contributed by atoms with Crippen molar-refractivity contribution in [3.05, 3.63) is 12.2 Å². The molecule has 2 atom stereocenters. The van der Waals surface area contributed by atoms with Gasteiger partial charge in [0.05, 0.1) is 6.10 Å². The average Bonchev–Trinajstić information content (AvgIpc) is 1.94. The highest BCUT2D eigenvalue weighted by Crippen LogP contribution is 2.26. The second kappa shape index (κ2) is 3.17. The minimum absolute atomic E-state index is 0.0428. The Hall–Kier alpha value is -0.340. The lowest BCUT2D eigenvalue weighted by Gasteiger charge is -2.27. The Morgan fingerprint density at radius 1 is 1.60 bits per heavy atom. The molecular weight excluding hydrogens is 128 g/mol. The standard InChI is InChI=1S/C8H14O2/c1-6-2-3-8(10)7(4-6)5-9/h7-10H,1-5H2/t7-,8+/m1/s1. The minimum Gasteiger partial charge on any atom is -0.396 e. The third-order valence-electron chi connectivity index (χ3n) is 2.12. The van der Waals surface area contributed by atoms with Gasteiger partial charge in [0.1, 0.15) is 0 Å². The lowest BCUT2D eigenvalue weighted by atomic mass is 9.84. The lowest BCUT2D eigenvalue weighted by Crippen LogP contribution is -2.27. The van der Waals surface area contributed by atoms with Gasteiger partial charge in [-0.1, -0.05) is 12.2 Å². The fourth-order valence-corrected chi connectivity index (χ4v) is 1.38. The molecule has 0 aliphatic heterocycles. The molecule has 2 N–H and O–H groups in total. The van der Waals surface area contributed by atoms with E-state index >= 15 is 0 Å². The number of aliphatic hydroxyl groups excluding tert-OH is 2. The molecule has 1 aliphatic rings. The van der Waals surface area contributed by atoms with Crippen LogP contribution < -0.4 is 0 Å². The summed E-state index contributed by atoms with van der Waals surface area (Å²) in [5.74, 6) is 0.0428. The molecule has 1 aliphatic carbocycles. The zero-order valence-electron chi connectivity index (χ0n) is 6.08. The molecule has 0 unspecified atom stereocenters. The Morgan fingerprint density at radius 2 is 2.30 bits per heavy atom. The maximum atomic E-state index is 9.29. The third kappa shape index (κ3) is 1.58. The molecule has 0 heterocycles. The molecule has 0 radical (unpaired) electrons. The van der Waals surface area contributed by atoms with E-state index in [-0.39, 0.29) is 18.6 Å². The van der Waals surface area contributed by atoms with E-state index in [1.54, 1.807) is 0 Å². The Balaban J connectivity index is 2.45. The number of allylic oxidation sites excluding steroid dienone is 1. The van der Waals surface area contributed by atoms with Gasteiger partial charge in [0, 0.05) is 12.5 Å². The van der Waals surface area contributed by atoms with Gasteiger partial charge in [-0.3, -0.25) is 0 Å². The first-order valence-corrected chi connectivity index (χ1v) is 3.69. The van der Waals surface area contributed by atoms with E-state index in [4.69, 9.17) is 5.11 Å². The fourth-order valence-electron chi connectivity index (χ4n) is 1.38. The van der Waals surface area contributed by atoms with Crippen LogP contribution >= 0.6 is 0 Å². The van der Waals surface area contributed by atoms with Crippen LogP contribution in [0.15, 0.2) is 12.2 Å². The van der Waals surface area contributed by atoms with Gasteiger partial charge in [-0.05, 0) is 19.3 Å². The normalized spacial score (nSPS) is 34.4. The summed E-state index contributed by atoms with van der Waals surface area (Å²) in [7, 11) is 0. The maximum absolute atomic E-state index is 9.29. The van der Waals surface area contributed by atoms with Crippen LogP contribution in [0, 0.1) is 5.92 Å². The van der Waals surface area contributed by atoms with Crippen molar-refractivity contribution in [2.45, 2.75) is 25.4 Å².